The van der Waals surface area contributed by atoms with Crippen LogP contribution in [0.1, 0.15) is 38.8 Å². The summed E-state index contributed by atoms with van der Waals surface area (Å²) in [6.07, 6.45) is 1.35. The van der Waals surface area contributed by atoms with E-state index in [9.17, 15) is 29.3 Å². The van der Waals surface area contributed by atoms with E-state index in [-0.39, 0.29) is 22.5 Å². The van der Waals surface area contributed by atoms with E-state index in [1.807, 2.05) is 0 Å². The summed E-state index contributed by atoms with van der Waals surface area (Å²) in [4.78, 5) is 35.6. The number of aliphatic hydroxyl groups is 3. The molecule has 0 saturated heterocycles. The maximum absolute atomic E-state index is 11.9. The van der Waals surface area contributed by atoms with Gasteiger partial charge in [-0.2, -0.15) is 9.97 Å². The molecule has 2 aromatic heterocycles. The molecule has 4 atom stereocenters. The maximum atomic E-state index is 11.9. The van der Waals surface area contributed by atoms with Gasteiger partial charge in [-0.05, 0) is 36.9 Å². The predicted octanol–water partition coefficient (Wildman–Crippen LogP) is 1.33. The molecule has 14 nitrogen and oxygen atoms in total. The zero-order valence-corrected chi connectivity index (χ0v) is 21.2. The van der Waals surface area contributed by atoms with Crippen molar-refractivity contribution in [2.75, 3.05) is 17.8 Å². The van der Waals surface area contributed by atoms with Gasteiger partial charge in [0.05, 0.1) is 12.0 Å². The molecule has 1 fully saturated rings. The van der Waals surface area contributed by atoms with Gasteiger partial charge in [-0.15, -0.1) is 5.10 Å². The summed E-state index contributed by atoms with van der Waals surface area (Å²) in [5, 5.41) is 39.5. The fraction of sp³-hybridized carbons (Fsp3) is 0.611. The molecule has 2 aromatic rings. The van der Waals surface area contributed by atoms with Crippen LogP contribution in [0.15, 0.2) is 17.8 Å². The molecule has 0 amide bonds. The summed E-state index contributed by atoms with van der Waals surface area (Å²) >= 11 is 6.01. The molecule has 0 aromatic carbocycles. The van der Waals surface area contributed by atoms with E-state index in [2.05, 4.69) is 24.9 Å². The minimum atomic E-state index is -4.83. The highest BCUT2D eigenvalue weighted by Gasteiger charge is 2.34. The van der Waals surface area contributed by atoms with E-state index in [1.54, 1.807) is 0 Å². The van der Waals surface area contributed by atoms with Gasteiger partial charge in [-0.3, -0.25) is 9.13 Å². The first-order valence-electron chi connectivity index (χ1n) is 10.7. The Morgan fingerprint density at radius 1 is 1.26 bits per heavy atom. The van der Waals surface area contributed by atoms with Crippen molar-refractivity contribution in [3.8, 4) is 0 Å². The molecule has 0 bridgehead atoms. The Morgan fingerprint density at radius 2 is 1.91 bits per heavy atom. The topological polar surface area (TPSA) is 220 Å². The minimum absolute atomic E-state index is 0.0598. The van der Waals surface area contributed by atoms with E-state index in [4.69, 9.17) is 21.4 Å². The van der Waals surface area contributed by atoms with E-state index < -0.39 is 46.1 Å². The van der Waals surface area contributed by atoms with Crippen molar-refractivity contribution in [3.05, 3.63) is 23.1 Å². The fourth-order valence-corrected chi connectivity index (χ4v) is 6.44. The first kappa shape index (κ1) is 28.1. The molecule has 1 saturated carbocycles. The molecule has 196 valence electrons. The average Bonchev–Trinajstić information content (AvgIpc) is 3.40. The van der Waals surface area contributed by atoms with Gasteiger partial charge in [-0.25, -0.2) is 4.68 Å². The lowest BCUT2D eigenvalue weighted by molar-refractivity contribution is -0.0860. The van der Waals surface area contributed by atoms with Crippen molar-refractivity contribution < 1.29 is 43.7 Å². The summed E-state index contributed by atoms with van der Waals surface area (Å²) in [5.74, 6) is -0.981. The lowest BCUT2D eigenvalue weighted by atomic mass is 10.0. The van der Waals surface area contributed by atoms with Crippen LogP contribution in [0.4, 0.5) is 5.82 Å². The quantitative estimate of drug-likeness (QED) is 0.118. The Kier molecular flexibility index (Phi) is 9.09. The molecule has 3 rings (SSSR count). The van der Waals surface area contributed by atoms with Gasteiger partial charge < -0.3 is 39.8 Å². The number of halogens is 1. The summed E-state index contributed by atoms with van der Waals surface area (Å²) in [6.45, 7) is 0.708. The monoisotopic (exact) mass is 555 g/mol. The summed E-state index contributed by atoms with van der Waals surface area (Å²) in [5.41, 5.74) is 0.0409. The fourth-order valence-electron chi connectivity index (χ4n) is 3.73. The van der Waals surface area contributed by atoms with Crippen LogP contribution in [0.3, 0.4) is 0 Å². The lowest BCUT2D eigenvalue weighted by Crippen LogP contribution is -2.37. The zero-order valence-electron chi connectivity index (χ0n) is 18.7. The summed E-state index contributed by atoms with van der Waals surface area (Å²) in [6, 6.07) is 0.204. The second kappa shape index (κ2) is 11.3. The highest BCUT2D eigenvalue weighted by atomic mass is 35.5. The van der Waals surface area contributed by atoms with Crippen LogP contribution in [0.5, 0.6) is 0 Å². The average molecular weight is 556 g/mol. The molecule has 1 unspecified atom stereocenters. The van der Waals surface area contributed by atoms with Crippen LogP contribution in [0.25, 0.3) is 11.0 Å². The predicted molar refractivity (Wildman–Crippen MR) is 126 cm³/mol. The number of rotatable bonds is 11. The largest absolute Gasteiger partial charge is 0.386 e. The number of fused-ring (bicyclic) bond motifs is 1. The van der Waals surface area contributed by atoms with Gasteiger partial charge in [-0.1, -0.05) is 18.9 Å². The molecule has 35 heavy (non-hydrogen) atoms. The highest BCUT2D eigenvalue weighted by Crippen LogP contribution is 2.55. The number of hydrogen-bond acceptors (Lipinski definition) is 10. The smallest absolute Gasteiger partial charge is 0.340 e. The van der Waals surface area contributed by atoms with E-state index >= 15 is 0 Å². The van der Waals surface area contributed by atoms with Crippen LogP contribution < -0.4 is 5.32 Å². The van der Waals surface area contributed by atoms with Crippen molar-refractivity contribution in [2.45, 2.75) is 57.1 Å². The highest BCUT2D eigenvalue weighted by molar-refractivity contribution is 7.70. The number of hydrogen-bond donors (Lipinski definition) is 7. The van der Waals surface area contributed by atoms with E-state index in [0.717, 1.165) is 30.4 Å². The Hall–Kier alpha value is -1.44. The first-order chi connectivity index (χ1) is 16.3. The molecule has 0 aliphatic heterocycles. The number of allylic oxidation sites excluding steroid dienone is 1. The number of aromatic nitrogens is 4. The van der Waals surface area contributed by atoms with Gasteiger partial charge in [0.15, 0.2) is 17.8 Å². The number of aliphatic hydroxyl groups excluding tert-OH is 3. The lowest BCUT2D eigenvalue weighted by Gasteiger charge is -2.25. The van der Waals surface area contributed by atoms with Crippen molar-refractivity contribution in [2.24, 2.45) is 0 Å². The second-order valence-electron chi connectivity index (χ2n) is 8.24. The molecule has 2 heterocycles. The SMILES string of the molecule is C/C=C(/COP(=O)(O)CP(=O)(O)O)[C@@H](O)[C@@H](O)[C@@H](O)n1cc2c(NC3CCCC3)nc(Cl)nc2n1. The van der Waals surface area contributed by atoms with Crippen molar-refractivity contribution in [1.82, 2.24) is 19.7 Å². The number of nitrogens with zero attached hydrogens (tertiary/aromatic N) is 4. The molecule has 0 radical (unpaired) electrons. The third kappa shape index (κ3) is 7.53. The molecule has 0 spiro atoms. The van der Waals surface area contributed by atoms with Crippen LogP contribution >= 0.6 is 26.8 Å². The first-order valence-corrected chi connectivity index (χ1v) is 14.6. The molecule has 17 heteroatoms. The van der Waals surface area contributed by atoms with Gasteiger partial charge in [0.1, 0.15) is 18.0 Å². The van der Waals surface area contributed by atoms with Crippen molar-refractivity contribution in [1.29, 1.82) is 0 Å². The summed E-state index contributed by atoms with van der Waals surface area (Å²) in [7, 11) is -9.52. The van der Waals surface area contributed by atoms with E-state index in [1.165, 1.54) is 19.2 Å². The van der Waals surface area contributed by atoms with Crippen molar-refractivity contribution >= 4 is 43.6 Å². The molecule has 1 aliphatic carbocycles. The minimum Gasteiger partial charge on any atom is -0.386 e. The zero-order chi connectivity index (χ0) is 26.0. The molecule has 1 aliphatic rings. The van der Waals surface area contributed by atoms with Gasteiger partial charge in [0.2, 0.25) is 5.28 Å². The Bertz CT molecular complexity index is 1170. The van der Waals surface area contributed by atoms with Crippen LogP contribution in [0.2, 0.25) is 5.28 Å². The summed E-state index contributed by atoms with van der Waals surface area (Å²) < 4.78 is 28.5. The van der Waals surface area contributed by atoms with Crippen LogP contribution in [-0.4, -0.2) is 80.5 Å². The van der Waals surface area contributed by atoms with Gasteiger partial charge >= 0.3 is 15.2 Å². The third-order valence-corrected chi connectivity index (χ3v) is 9.12. The number of nitrogens with one attached hydrogen (secondary N) is 1. The third-order valence-electron chi connectivity index (χ3n) is 5.51. The Morgan fingerprint density at radius 3 is 2.51 bits per heavy atom. The van der Waals surface area contributed by atoms with E-state index in [0.29, 0.717) is 11.2 Å². The molecule has 7 N–H and O–H groups in total. The molecular formula is C18H28ClN5O9P2. The number of anilines is 1. The maximum Gasteiger partial charge on any atom is 0.340 e. The van der Waals surface area contributed by atoms with Crippen LogP contribution in [-0.2, 0) is 13.7 Å². The van der Waals surface area contributed by atoms with Gasteiger partial charge in [0, 0.05) is 12.2 Å². The standard InChI is InChI=1S/C18H28ClN5O9P2/c1-2-10(8-33-35(31,32)9-34(28,29)30)13(25)14(26)17(27)24-7-12-15(20-11-5-3-4-6-11)21-18(19)22-16(12)23-24/h2,7,11,13-14,17,25-27H,3-6,8-9H2,1H3,(H,31,32)(H2,28,29,30)(H,20,21,22,23)/b10-2-/t13-,14-,17-/m1/s1. The van der Waals surface area contributed by atoms with Gasteiger partial charge in [0.25, 0.3) is 0 Å². The van der Waals surface area contributed by atoms with Crippen LogP contribution in [0, 0.1) is 0 Å². The Labute approximate surface area is 205 Å². The van der Waals surface area contributed by atoms with Crippen molar-refractivity contribution in [3.63, 3.8) is 0 Å². The normalized spacial score (nSPS) is 20.1. The molecular weight excluding hydrogens is 528 g/mol. The second-order valence-corrected chi connectivity index (χ2v) is 12.6. The Balaban J connectivity index is 1.75.